The minimum Gasteiger partial charge on any atom is -0.382 e. The van der Waals surface area contributed by atoms with Crippen LogP contribution in [0.5, 0.6) is 0 Å². The number of carbonyl (C=O) groups excluding carboxylic acids is 1. The first-order chi connectivity index (χ1) is 11.3. The molecule has 0 aliphatic heterocycles. The Morgan fingerprint density at radius 2 is 1.71 bits per heavy atom. The van der Waals surface area contributed by atoms with E-state index in [1.54, 1.807) is 18.2 Å². The molecule has 0 aliphatic rings. The van der Waals surface area contributed by atoms with Gasteiger partial charge in [-0.2, -0.15) is 0 Å². The molecule has 0 unspecified atom stereocenters. The number of aromatic nitrogens is 2. The standard InChI is InChI=1S/C13H12Cl3N7O/c14-6-1-5(2-7(15)3-6)4-20-13(19)23-12(24)8-10(17)22-11(18)9(16)21-8/h1-3H,4H2,(H4,17,18,22)(H3,19,20,23,24). The van der Waals surface area contributed by atoms with Crippen molar-refractivity contribution in [2.45, 2.75) is 6.54 Å². The monoisotopic (exact) mass is 387 g/mol. The van der Waals surface area contributed by atoms with E-state index in [9.17, 15) is 4.79 Å². The highest BCUT2D eigenvalue weighted by molar-refractivity contribution is 6.34. The molecule has 1 amide bonds. The average molecular weight is 389 g/mol. The van der Waals surface area contributed by atoms with E-state index in [0.717, 1.165) is 5.56 Å². The number of nitrogens with zero attached hydrogens (tertiary/aromatic N) is 3. The number of hydrogen-bond acceptors (Lipinski definition) is 6. The summed E-state index contributed by atoms with van der Waals surface area (Å²) in [6.45, 7) is 0.163. The molecular weight excluding hydrogens is 377 g/mol. The quantitative estimate of drug-likeness (QED) is 0.466. The summed E-state index contributed by atoms with van der Waals surface area (Å²) < 4.78 is 0. The SMILES string of the molecule is NC(=NCc1cc(Cl)cc(Cl)c1)NC(=O)c1nc(Cl)c(N)nc1N. The Morgan fingerprint density at radius 3 is 2.33 bits per heavy atom. The number of rotatable bonds is 3. The van der Waals surface area contributed by atoms with E-state index in [4.69, 9.17) is 52.0 Å². The molecule has 0 saturated carbocycles. The molecule has 126 valence electrons. The molecule has 8 nitrogen and oxygen atoms in total. The van der Waals surface area contributed by atoms with Gasteiger partial charge in [-0.15, -0.1) is 0 Å². The topological polar surface area (TPSA) is 145 Å². The van der Waals surface area contributed by atoms with Gasteiger partial charge in [-0.1, -0.05) is 34.8 Å². The van der Waals surface area contributed by atoms with E-state index >= 15 is 0 Å². The number of nitrogen functional groups attached to an aromatic ring is 2. The Morgan fingerprint density at radius 1 is 1.08 bits per heavy atom. The predicted molar refractivity (Wildman–Crippen MR) is 95.1 cm³/mol. The number of hydrogen-bond donors (Lipinski definition) is 4. The first-order valence-corrected chi connectivity index (χ1v) is 7.54. The second kappa shape index (κ2) is 7.52. The molecule has 24 heavy (non-hydrogen) atoms. The van der Waals surface area contributed by atoms with Crippen molar-refractivity contribution in [3.8, 4) is 0 Å². The lowest BCUT2D eigenvalue weighted by molar-refractivity contribution is 0.0972. The van der Waals surface area contributed by atoms with E-state index in [1.807, 2.05) is 0 Å². The fraction of sp³-hybridized carbons (Fsp3) is 0.0769. The summed E-state index contributed by atoms with van der Waals surface area (Å²) in [5, 5.41) is 3.12. The van der Waals surface area contributed by atoms with Crippen molar-refractivity contribution in [1.29, 1.82) is 0 Å². The van der Waals surface area contributed by atoms with Gasteiger partial charge in [-0.05, 0) is 23.8 Å². The summed E-state index contributed by atoms with van der Waals surface area (Å²) in [7, 11) is 0. The van der Waals surface area contributed by atoms with Crippen LogP contribution in [-0.2, 0) is 6.54 Å². The number of carbonyl (C=O) groups is 1. The van der Waals surface area contributed by atoms with Gasteiger partial charge in [0.15, 0.2) is 28.4 Å². The lowest BCUT2D eigenvalue weighted by atomic mass is 10.2. The van der Waals surface area contributed by atoms with Crippen molar-refractivity contribution in [2.75, 3.05) is 11.5 Å². The molecule has 2 rings (SSSR count). The maximum absolute atomic E-state index is 12.1. The van der Waals surface area contributed by atoms with E-state index in [-0.39, 0.29) is 35.0 Å². The van der Waals surface area contributed by atoms with Crippen molar-refractivity contribution in [3.05, 3.63) is 44.7 Å². The van der Waals surface area contributed by atoms with Crippen LogP contribution in [0.2, 0.25) is 15.2 Å². The molecule has 0 atom stereocenters. The van der Waals surface area contributed by atoms with Crippen LogP contribution in [0.15, 0.2) is 23.2 Å². The van der Waals surface area contributed by atoms with E-state index in [0.29, 0.717) is 10.0 Å². The second-order valence-corrected chi connectivity index (χ2v) is 5.80. The lowest BCUT2D eigenvalue weighted by Crippen LogP contribution is -2.37. The zero-order valence-electron chi connectivity index (χ0n) is 12.1. The number of nitrogens with two attached hydrogens (primary N) is 3. The molecule has 2 aromatic rings. The van der Waals surface area contributed by atoms with Gasteiger partial charge >= 0.3 is 0 Å². The highest BCUT2D eigenvalue weighted by Gasteiger charge is 2.16. The van der Waals surface area contributed by atoms with Gasteiger partial charge in [0.25, 0.3) is 5.91 Å². The maximum Gasteiger partial charge on any atom is 0.280 e. The summed E-state index contributed by atoms with van der Waals surface area (Å²) in [4.78, 5) is 23.5. The molecule has 1 aromatic carbocycles. The molecule has 0 bridgehead atoms. The van der Waals surface area contributed by atoms with E-state index < -0.39 is 5.91 Å². The normalized spacial score (nSPS) is 11.4. The zero-order chi connectivity index (χ0) is 17.9. The Bertz CT molecular complexity index is 805. The average Bonchev–Trinajstić information content (AvgIpc) is 2.48. The highest BCUT2D eigenvalue weighted by atomic mass is 35.5. The number of nitrogens with one attached hydrogen (secondary N) is 1. The predicted octanol–water partition coefficient (Wildman–Crippen LogP) is 1.85. The first-order valence-electron chi connectivity index (χ1n) is 6.41. The van der Waals surface area contributed by atoms with Crippen molar-refractivity contribution in [2.24, 2.45) is 10.7 Å². The van der Waals surface area contributed by atoms with Crippen molar-refractivity contribution in [3.63, 3.8) is 0 Å². The fourth-order valence-electron chi connectivity index (χ4n) is 1.70. The Balaban J connectivity index is 2.09. The molecule has 0 aliphatic carbocycles. The van der Waals surface area contributed by atoms with E-state index in [1.165, 1.54) is 0 Å². The third kappa shape index (κ3) is 4.60. The summed E-state index contributed by atoms with van der Waals surface area (Å²) in [5.41, 5.74) is 17.2. The van der Waals surface area contributed by atoms with Gasteiger partial charge in [0.1, 0.15) is 0 Å². The van der Waals surface area contributed by atoms with Gasteiger partial charge in [-0.25, -0.2) is 15.0 Å². The number of amides is 1. The smallest absolute Gasteiger partial charge is 0.280 e. The third-order valence-electron chi connectivity index (χ3n) is 2.72. The van der Waals surface area contributed by atoms with Gasteiger partial charge in [0.2, 0.25) is 0 Å². The zero-order valence-corrected chi connectivity index (χ0v) is 14.3. The molecule has 7 N–H and O–H groups in total. The molecular formula is C13H12Cl3N7O. The maximum atomic E-state index is 12.1. The van der Waals surface area contributed by atoms with Crippen molar-refractivity contribution >= 4 is 58.3 Å². The summed E-state index contributed by atoms with van der Waals surface area (Å²) in [6, 6.07) is 4.94. The van der Waals surface area contributed by atoms with Gasteiger partial charge < -0.3 is 17.2 Å². The molecule has 11 heteroatoms. The molecule has 0 radical (unpaired) electrons. The van der Waals surface area contributed by atoms with E-state index in [2.05, 4.69) is 20.3 Å². The van der Waals surface area contributed by atoms with Gasteiger partial charge in [0.05, 0.1) is 6.54 Å². The molecule has 1 heterocycles. The number of anilines is 2. The highest BCUT2D eigenvalue weighted by Crippen LogP contribution is 2.19. The summed E-state index contributed by atoms with van der Waals surface area (Å²) in [5.74, 6) is -1.12. The largest absolute Gasteiger partial charge is 0.382 e. The fourth-order valence-corrected chi connectivity index (χ4v) is 2.40. The summed E-state index contributed by atoms with van der Waals surface area (Å²) >= 11 is 17.5. The van der Waals surface area contributed by atoms with Crippen LogP contribution in [0.25, 0.3) is 0 Å². The Hall–Kier alpha value is -2.29. The molecule has 0 fully saturated rings. The van der Waals surface area contributed by atoms with Crippen LogP contribution >= 0.6 is 34.8 Å². The van der Waals surface area contributed by atoms with Crippen LogP contribution in [0, 0.1) is 0 Å². The van der Waals surface area contributed by atoms with Gasteiger partial charge in [-0.3, -0.25) is 10.1 Å². The van der Waals surface area contributed by atoms with Crippen molar-refractivity contribution in [1.82, 2.24) is 15.3 Å². The third-order valence-corrected chi connectivity index (χ3v) is 3.43. The molecule has 0 spiro atoms. The number of halogens is 3. The summed E-state index contributed by atoms with van der Waals surface area (Å²) in [6.07, 6.45) is 0. The minimum absolute atomic E-state index is 0.0785. The van der Waals surface area contributed by atoms with Gasteiger partial charge in [0, 0.05) is 10.0 Å². The molecule has 0 saturated heterocycles. The number of guanidine groups is 1. The molecule has 1 aromatic heterocycles. The van der Waals surface area contributed by atoms with Crippen LogP contribution in [0.3, 0.4) is 0 Å². The Labute approximate surface area is 152 Å². The van der Waals surface area contributed by atoms with Crippen LogP contribution < -0.4 is 22.5 Å². The Kier molecular flexibility index (Phi) is 5.66. The lowest BCUT2D eigenvalue weighted by Gasteiger charge is -2.07. The van der Waals surface area contributed by atoms with Crippen LogP contribution in [0.4, 0.5) is 11.6 Å². The minimum atomic E-state index is -0.715. The second-order valence-electron chi connectivity index (χ2n) is 4.57. The first kappa shape index (κ1) is 18.1. The van der Waals surface area contributed by atoms with Crippen LogP contribution in [-0.4, -0.2) is 21.8 Å². The number of benzene rings is 1. The number of aliphatic imine (C=N–C) groups is 1. The van der Waals surface area contributed by atoms with Crippen LogP contribution in [0.1, 0.15) is 16.1 Å². The van der Waals surface area contributed by atoms with Crippen molar-refractivity contribution < 1.29 is 4.79 Å².